The summed E-state index contributed by atoms with van der Waals surface area (Å²) in [4.78, 5) is 0. The van der Waals surface area contributed by atoms with Crippen molar-refractivity contribution < 1.29 is 4.74 Å². The normalized spacial score (nSPS) is 21.7. The molecule has 2 aromatic rings. The number of hydrogen-bond donors (Lipinski definition) is 1. The Kier molecular flexibility index (Phi) is 4.01. The fourth-order valence-electron chi connectivity index (χ4n) is 3.53. The average Bonchev–Trinajstić information content (AvgIpc) is 3.08. The number of nitrogens with zero attached hydrogens (tertiary/aromatic N) is 1. The van der Waals surface area contributed by atoms with Crippen LogP contribution in [0, 0.1) is 5.92 Å². The van der Waals surface area contributed by atoms with Crippen molar-refractivity contribution in [3.8, 4) is 0 Å². The molecule has 3 heterocycles. The van der Waals surface area contributed by atoms with E-state index in [4.69, 9.17) is 4.74 Å². The zero-order chi connectivity index (χ0) is 12.7. The summed E-state index contributed by atoms with van der Waals surface area (Å²) in [6.07, 6.45) is 2.36. The van der Waals surface area contributed by atoms with E-state index in [0.29, 0.717) is 5.92 Å². The van der Waals surface area contributed by atoms with Gasteiger partial charge in [0.2, 0.25) is 0 Å². The molecule has 1 saturated heterocycles. The predicted molar refractivity (Wildman–Crippen MR) is 83.5 cm³/mol. The Morgan fingerprint density at radius 1 is 1.30 bits per heavy atom. The van der Waals surface area contributed by atoms with Crippen molar-refractivity contribution in [1.82, 2.24) is 9.88 Å². The van der Waals surface area contributed by atoms with Crippen LogP contribution in [0.1, 0.15) is 17.7 Å². The molecule has 0 amide bonds. The van der Waals surface area contributed by atoms with E-state index in [1.54, 1.807) is 5.69 Å². The van der Waals surface area contributed by atoms with Crippen molar-refractivity contribution >= 4 is 23.3 Å². The Morgan fingerprint density at radius 3 is 3.05 bits per heavy atom. The second-order valence-corrected chi connectivity index (χ2v) is 5.71. The van der Waals surface area contributed by atoms with Gasteiger partial charge in [-0.2, -0.15) is 0 Å². The summed E-state index contributed by atoms with van der Waals surface area (Å²) in [5, 5.41) is 4.94. The van der Waals surface area contributed by atoms with E-state index in [9.17, 15) is 0 Å². The minimum Gasteiger partial charge on any atom is -0.381 e. The standard InChI is InChI=1S/C16H20N2O.ClH/c1-2-4-15-13(3-1)14-9-17-7-5-16(14)18(15)10-12-6-8-19-11-12;/h1-4,12,17H,5-11H2;1H. The summed E-state index contributed by atoms with van der Waals surface area (Å²) < 4.78 is 8.10. The Hall–Kier alpha value is -1.03. The zero-order valence-corrected chi connectivity index (χ0v) is 12.4. The Labute approximate surface area is 125 Å². The molecule has 0 bridgehead atoms. The zero-order valence-electron chi connectivity index (χ0n) is 11.6. The summed E-state index contributed by atoms with van der Waals surface area (Å²) in [6, 6.07) is 8.84. The quantitative estimate of drug-likeness (QED) is 0.921. The van der Waals surface area contributed by atoms with Crippen molar-refractivity contribution in [3.63, 3.8) is 0 Å². The average molecular weight is 293 g/mol. The van der Waals surface area contributed by atoms with Crippen LogP contribution in [0.2, 0.25) is 0 Å². The van der Waals surface area contributed by atoms with E-state index < -0.39 is 0 Å². The number of rotatable bonds is 2. The lowest BCUT2D eigenvalue weighted by Crippen LogP contribution is -2.25. The molecule has 4 rings (SSSR count). The molecule has 0 saturated carbocycles. The van der Waals surface area contributed by atoms with E-state index in [-0.39, 0.29) is 12.4 Å². The summed E-state index contributed by atoms with van der Waals surface area (Å²) in [6.45, 7) is 5.11. The van der Waals surface area contributed by atoms with E-state index in [2.05, 4.69) is 34.1 Å². The first-order valence-electron chi connectivity index (χ1n) is 7.31. The SMILES string of the molecule is Cl.c1ccc2c(c1)c1c(n2CC2CCOC2)CCNC1. The minimum absolute atomic E-state index is 0. The maximum atomic E-state index is 5.54. The van der Waals surface area contributed by atoms with Crippen LogP contribution in [0.25, 0.3) is 10.9 Å². The van der Waals surface area contributed by atoms with E-state index in [0.717, 1.165) is 39.3 Å². The molecule has 2 aliphatic rings. The van der Waals surface area contributed by atoms with Crippen LogP contribution in [0.15, 0.2) is 24.3 Å². The summed E-state index contributed by atoms with van der Waals surface area (Å²) >= 11 is 0. The van der Waals surface area contributed by atoms with Crippen molar-refractivity contribution in [2.24, 2.45) is 5.92 Å². The fourth-order valence-corrected chi connectivity index (χ4v) is 3.53. The molecule has 108 valence electrons. The number of para-hydroxylation sites is 1. The molecule has 0 aliphatic carbocycles. The van der Waals surface area contributed by atoms with Crippen LogP contribution in [0.3, 0.4) is 0 Å². The van der Waals surface area contributed by atoms with Crippen LogP contribution in [0.4, 0.5) is 0 Å². The maximum absolute atomic E-state index is 5.54. The van der Waals surface area contributed by atoms with Gasteiger partial charge in [0, 0.05) is 55.2 Å². The second kappa shape index (κ2) is 5.76. The van der Waals surface area contributed by atoms with Gasteiger partial charge in [-0.15, -0.1) is 12.4 Å². The van der Waals surface area contributed by atoms with Gasteiger partial charge < -0.3 is 14.6 Å². The highest BCUT2D eigenvalue weighted by Crippen LogP contribution is 2.30. The number of ether oxygens (including phenoxy) is 1. The van der Waals surface area contributed by atoms with E-state index >= 15 is 0 Å². The number of aromatic nitrogens is 1. The van der Waals surface area contributed by atoms with Crippen LogP contribution in [-0.2, 0) is 24.2 Å². The van der Waals surface area contributed by atoms with Gasteiger partial charge in [0.25, 0.3) is 0 Å². The second-order valence-electron chi connectivity index (χ2n) is 5.71. The molecule has 1 fully saturated rings. The van der Waals surface area contributed by atoms with Gasteiger partial charge in [0.1, 0.15) is 0 Å². The third kappa shape index (κ3) is 2.24. The lowest BCUT2D eigenvalue weighted by molar-refractivity contribution is 0.182. The van der Waals surface area contributed by atoms with E-state index in [1.807, 2.05) is 0 Å². The third-order valence-corrected chi connectivity index (χ3v) is 4.50. The molecule has 0 spiro atoms. The van der Waals surface area contributed by atoms with E-state index in [1.165, 1.54) is 22.9 Å². The molecule has 3 nitrogen and oxygen atoms in total. The number of nitrogens with one attached hydrogen (secondary N) is 1. The van der Waals surface area contributed by atoms with Gasteiger partial charge in [-0.25, -0.2) is 0 Å². The smallest absolute Gasteiger partial charge is 0.0512 e. The van der Waals surface area contributed by atoms with Gasteiger partial charge in [-0.3, -0.25) is 0 Å². The fraction of sp³-hybridized carbons (Fsp3) is 0.500. The number of fused-ring (bicyclic) bond motifs is 3. The van der Waals surface area contributed by atoms with Crippen LogP contribution < -0.4 is 5.32 Å². The van der Waals surface area contributed by atoms with Crippen molar-refractivity contribution in [2.75, 3.05) is 19.8 Å². The van der Waals surface area contributed by atoms with Gasteiger partial charge in [0.15, 0.2) is 0 Å². The Bertz CT molecular complexity index is 602. The molecule has 4 heteroatoms. The van der Waals surface area contributed by atoms with Crippen LogP contribution >= 0.6 is 12.4 Å². The molecule has 2 aliphatic heterocycles. The molecule has 1 atom stereocenters. The third-order valence-electron chi connectivity index (χ3n) is 4.50. The maximum Gasteiger partial charge on any atom is 0.0512 e. The summed E-state index contributed by atoms with van der Waals surface area (Å²) in [5.41, 5.74) is 4.47. The first-order valence-corrected chi connectivity index (χ1v) is 7.31. The largest absolute Gasteiger partial charge is 0.381 e. The highest BCUT2D eigenvalue weighted by atomic mass is 35.5. The lowest BCUT2D eigenvalue weighted by atomic mass is 10.1. The molecule has 1 N–H and O–H groups in total. The summed E-state index contributed by atoms with van der Waals surface area (Å²) in [5.74, 6) is 0.690. The molecule has 1 aromatic heterocycles. The predicted octanol–water partition coefficient (Wildman–Crippen LogP) is 2.75. The highest BCUT2D eigenvalue weighted by molar-refractivity contribution is 5.86. The van der Waals surface area contributed by atoms with Crippen molar-refractivity contribution in [2.45, 2.75) is 25.9 Å². The number of benzene rings is 1. The van der Waals surface area contributed by atoms with Crippen molar-refractivity contribution in [3.05, 3.63) is 35.5 Å². The minimum atomic E-state index is 0. The van der Waals surface area contributed by atoms with Crippen LogP contribution in [-0.4, -0.2) is 24.3 Å². The molecular formula is C16H21ClN2O. The molecule has 0 radical (unpaired) electrons. The first kappa shape index (κ1) is 13.9. The molecule has 20 heavy (non-hydrogen) atoms. The lowest BCUT2D eigenvalue weighted by Gasteiger charge is -2.19. The molecule has 1 aromatic carbocycles. The molecule has 1 unspecified atom stereocenters. The Morgan fingerprint density at radius 2 is 2.20 bits per heavy atom. The van der Waals surface area contributed by atoms with Gasteiger partial charge in [-0.1, -0.05) is 18.2 Å². The Balaban J connectivity index is 0.00000121. The topological polar surface area (TPSA) is 26.2 Å². The van der Waals surface area contributed by atoms with Crippen LogP contribution in [0.5, 0.6) is 0 Å². The van der Waals surface area contributed by atoms with Crippen molar-refractivity contribution in [1.29, 1.82) is 0 Å². The molecular weight excluding hydrogens is 272 g/mol. The number of hydrogen-bond acceptors (Lipinski definition) is 2. The number of halogens is 1. The summed E-state index contributed by atoms with van der Waals surface area (Å²) in [7, 11) is 0. The van der Waals surface area contributed by atoms with Gasteiger partial charge >= 0.3 is 0 Å². The van der Waals surface area contributed by atoms with Gasteiger partial charge in [0.05, 0.1) is 6.61 Å². The monoisotopic (exact) mass is 292 g/mol. The highest BCUT2D eigenvalue weighted by Gasteiger charge is 2.23. The van der Waals surface area contributed by atoms with Gasteiger partial charge in [-0.05, 0) is 18.1 Å². The first-order chi connectivity index (χ1) is 9.43.